The summed E-state index contributed by atoms with van der Waals surface area (Å²) in [5, 5.41) is 11.2. The van der Waals surface area contributed by atoms with Gasteiger partial charge in [-0.2, -0.15) is 0 Å². The van der Waals surface area contributed by atoms with Gasteiger partial charge >= 0.3 is 0 Å². The molecule has 1 aliphatic heterocycles. The van der Waals surface area contributed by atoms with Crippen LogP contribution in [0, 0.1) is 13.8 Å². The SMILES string of the molecule is Cc1ccc([C@@]2(NC(=O)c3cc4cc(C)ccc4[nH]3)CCOc3cccnc32)cc1.O=CO. The van der Waals surface area contributed by atoms with E-state index in [0.29, 0.717) is 24.5 Å². The number of aromatic nitrogens is 2. The molecule has 3 N–H and O–H groups in total. The second kappa shape index (κ2) is 9.16. The Balaban J connectivity index is 0.000000821. The summed E-state index contributed by atoms with van der Waals surface area (Å²) in [4.78, 5) is 29.6. The van der Waals surface area contributed by atoms with Crippen LogP contribution >= 0.6 is 0 Å². The quantitative estimate of drug-likeness (QED) is 0.409. The van der Waals surface area contributed by atoms with Gasteiger partial charge in [-0.1, -0.05) is 41.5 Å². The molecule has 0 bridgehead atoms. The zero-order valence-electron chi connectivity index (χ0n) is 18.5. The standard InChI is InChI=1S/C25H23N3O2.CH2O2/c1-16-5-8-19(9-6-16)25(11-13-30-22-4-3-12-26-23(22)25)28-24(29)21-15-18-14-17(2)7-10-20(18)27-21;2-1-3/h3-10,12,14-15,27H,11,13H2,1-2H3,(H,28,29);1H,(H,2,3)/t25-;/m0./s1. The Labute approximate surface area is 191 Å². The Morgan fingerprint density at radius 1 is 1.12 bits per heavy atom. The van der Waals surface area contributed by atoms with Gasteiger partial charge < -0.3 is 20.1 Å². The van der Waals surface area contributed by atoms with Crippen molar-refractivity contribution >= 4 is 23.3 Å². The third-order valence-electron chi connectivity index (χ3n) is 5.80. The molecule has 0 radical (unpaired) electrons. The van der Waals surface area contributed by atoms with Crippen molar-refractivity contribution in [2.24, 2.45) is 0 Å². The minimum Gasteiger partial charge on any atom is -0.491 e. The molecule has 5 rings (SSSR count). The molecule has 168 valence electrons. The van der Waals surface area contributed by atoms with Crippen molar-refractivity contribution in [3.05, 3.63) is 94.9 Å². The first-order valence-corrected chi connectivity index (χ1v) is 10.6. The van der Waals surface area contributed by atoms with Crippen LogP contribution in [0.3, 0.4) is 0 Å². The number of benzene rings is 2. The maximum Gasteiger partial charge on any atom is 0.290 e. The van der Waals surface area contributed by atoms with E-state index in [2.05, 4.69) is 52.5 Å². The Kier molecular flexibility index (Phi) is 6.13. The lowest BCUT2D eigenvalue weighted by atomic mass is 9.81. The monoisotopic (exact) mass is 443 g/mol. The molecule has 0 spiro atoms. The van der Waals surface area contributed by atoms with Gasteiger partial charge in [0.1, 0.15) is 22.7 Å². The highest BCUT2D eigenvalue weighted by molar-refractivity contribution is 5.98. The van der Waals surface area contributed by atoms with Crippen LogP contribution in [-0.4, -0.2) is 34.1 Å². The molecular weight excluding hydrogens is 418 g/mol. The summed E-state index contributed by atoms with van der Waals surface area (Å²) in [6.07, 6.45) is 2.35. The fraction of sp³-hybridized carbons (Fsp3) is 0.192. The van der Waals surface area contributed by atoms with Crippen molar-refractivity contribution in [2.75, 3.05) is 6.61 Å². The first-order chi connectivity index (χ1) is 16.0. The van der Waals surface area contributed by atoms with Gasteiger partial charge in [0.2, 0.25) is 0 Å². The highest BCUT2D eigenvalue weighted by Crippen LogP contribution is 2.40. The van der Waals surface area contributed by atoms with Gasteiger partial charge in [-0.3, -0.25) is 14.6 Å². The summed E-state index contributed by atoms with van der Waals surface area (Å²) >= 11 is 0. The predicted octanol–water partition coefficient (Wildman–Crippen LogP) is 4.34. The van der Waals surface area contributed by atoms with E-state index in [-0.39, 0.29) is 12.4 Å². The number of hydrogen-bond acceptors (Lipinski definition) is 4. The third kappa shape index (κ3) is 4.30. The number of aryl methyl sites for hydroxylation is 2. The second-order valence-corrected chi connectivity index (χ2v) is 8.05. The molecule has 0 fully saturated rings. The highest BCUT2D eigenvalue weighted by Gasteiger charge is 2.42. The molecule has 0 saturated heterocycles. The molecule has 2 aromatic heterocycles. The van der Waals surface area contributed by atoms with Crippen molar-refractivity contribution in [3.8, 4) is 5.75 Å². The van der Waals surface area contributed by atoms with Crippen LogP contribution in [0.1, 0.15) is 39.3 Å². The summed E-state index contributed by atoms with van der Waals surface area (Å²) in [5.74, 6) is 0.542. The average molecular weight is 444 g/mol. The number of fused-ring (bicyclic) bond motifs is 2. The Hall–Kier alpha value is -4.13. The Morgan fingerprint density at radius 2 is 1.85 bits per heavy atom. The summed E-state index contributed by atoms with van der Waals surface area (Å²) < 4.78 is 5.85. The van der Waals surface area contributed by atoms with Crippen LogP contribution in [0.2, 0.25) is 0 Å². The number of amides is 1. The number of carbonyl (C=O) groups excluding carboxylic acids is 1. The number of nitrogens with one attached hydrogen (secondary N) is 2. The van der Waals surface area contributed by atoms with E-state index in [0.717, 1.165) is 27.7 Å². The van der Waals surface area contributed by atoms with E-state index in [1.54, 1.807) is 6.20 Å². The van der Waals surface area contributed by atoms with Crippen LogP contribution in [0.4, 0.5) is 0 Å². The van der Waals surface area contributed by atoms with Gasteiger partial charge in [0, 0.05) is 23.5 Å². The summed E-state index contributed by atoms with van der Waals surface area (Å²) in [6.45, 7) is 4.35. The molecule has 2 aromatic carbocycles. The first kappa shape index (κ1) is 22.1. The second-order valence-electron chi connectivity index (χ2n) is 8.05. The van der Waals surface area contributed by atoms with E-state index < -0.39 is 5.54 Å². The lowest BCUT2D eigenvalue weighted by Gasteiger charge is -2.38. The molecule has 7 heteroatoms. The molecule has 1 amide bonds. The van der Waals surface area contributed by atoms with Crippen molar-refractivity contribution in [2.45, 2.75) is 25.8 Å². The number of ether oxygens (including phenoxy) is 1. The fourth-order valence-corrected chi connectivity index (χ4v) is 4.21. The van der Waals surface area contributed by atoms with Crippen LogP contribution in [0.25, 0.3) is 10.9 Å². The number of aromatic amines is 1. The molecule has 3 heterocycles. The number of rotatable bonds is 3. The molecule has 1 aliphatic rings. The molecular formula is C26H25N3O4. The average Bonchev–Trinajstić information content (AvgIpc) is 3.24. The van der Waals surface area contributed by atoms with Crippen molar-refractivity contribution in [1.29, 1.82) is 0 Å². The van der Waals surface area contributed by atoms with Crippen molar-refractivity contribution < 1.29 is 19.4 Å². The third-order valence-corrected chi connectivity index (χ3v) is 5.80. The fourth-order valence-electron chi connectivity index (χ4n) is 4.21. The van der Waals surface area contributed by atoms with E-state index in [4.69, 9.17) is 14.6 Å². The topological polar surface area (TPSA) is 104 Å². The van der Waals surface area contributed by atoms with Gasteiger partial charge in [0.25, 0.3) is 12.4 Å². The number of carboxylic acid groups (broad SMARTS) is 1. The molecule has 4 aromatic rings. The van der Waals surface area contributed by atoms with E-state index >= 15 is 0 Å². The maximum atomic E-state index is 13.4. The minimum atomic E-state index is -0.757. The van der Waals surface area contributed by atoms with Gasteiger partial charge in [-0.15, -0.1) is 0 Å². The Bertz CT molecular complexity index is 1300. The highest BCUT2D eigenvalue weighted by atomic mass is 16.5. The summed E-state index contributed by atoms with van der Waals surface area (Å²) in [7, 11) is 0. The van der Waals surface area contributed by atoms with Crippen molar-refractivity contribution in [3.63, 3.8) is 0 Å². The normalized spacial score (nSPS) is 16.7. The first-order valence-electron chi connectivity index (χ1n) is 10.6. The zero-order chi connectivity index (χ0) is 23.4. The number of nitrogens with zero attached hydrogens (tertiary/aromatic N) is 1. The van der Waals surface area contributed by atoms with E-state index in [1.165, 1.54) is 5.56 Å². The minimum absolute atomic E-state index is 0.164. The van der Waals surface area contributed by atoms with E-state index in [1.807, 2.05) is 37.3 Å². The van der Waals surface area contributed by atoms with E-state index in [9.17, 15) is 4.79 Å². The molecule has 0 unspecified atom stereocenters. The maximum absolute atomic E-state index is 13.4. The number of carbonyl (C=O) groups is 2. The van der Waals surface area contributed by atoms with Crippen LogP contribution in [-0.2, 0) is 10.3 Å². The lowest BCUT2D eigenvalue weighted by Crippen LogP contribution is -2.50. The summed E-state index contributed by atoms with van der Waals surface area (Å²) in [5.41, 5.74) is 4.78. The smallest absolute Gasteiger partial charge is 0.290 e. The largest absolute Gasteiger partial charge is 0.491 e. The molecule has 0 aliphatic carbocycles. The number of pyridine rings is 1. The van der Waals surface area contributed by atoms with Gasteiger partial charge in [0.15, 0.2) is 0 Å². The Morgan fingerprint density at radius 3 is 2.61 bits per heavy atom. The molecule has 0 saturated carbocycles. The van der Waals surface area contributed by atoms with Gasteiger partial charge in [0.05, 0.1) is 6.61 Å². The molecule has 1 atom stereocenters. The molecule has 7 nitrogen and oxygen atoms in total. The number of H-pyrrole nitrogens is 1. The van der Waals surface area contributed by atoms with Crippen LogP contribution in [0.15, 0.2) is 66.9 Å². The zero-order valence-corrected chi connectivity index (χ0v) is 18.5. The predicted molar refractivity (Wildman–Crippen MR) is 126 cm³/mol. The van der Waals surface area contributed by atoms with Crippen LogP contribution < -0.4 is 10.1 Å². The van der Waals surface area contributed by atoms with Crippen molar-refractivity contribution in [1.82, 2.24) is 15.3 Å². The number of hydrogen-bond donors (Lipinski definition) is 3. The molecule has 33 heavy (non-hydrogen) atoms. The summed E-state index contributed by atoms with van der Waals surface area (Å²) in [6, 6.07) is 20.0. The van der Waals surface area contributed by atoms with Gasteiger partial charge in [-0.25, -0.2) is 0 Å². The van der Waals surface area contributed by atoms with Gasteiger partial charge in [-0.05, 0) is 49.7 Å². The van der Waals surface area contributed by atoms with Crippen LogP contribution in [0.5, 0.6) is 5.75 Å². The lowest BCUT2D eigenvalue weighted by molar-refractivity contribution is -0.122.